The predicted molar refractivity (Wildman–Crippen MR) is 88.9 cm³/mol. The number of benzene rings is 1. The summed E-state index contributed by atoms with van der Waals surface area (Å²) in [6, 6.07) is 12.8. The minimum atomic E-state index is -0.338. The smallest absolute Gasteiger partial charge is 0.350 e. The number of pyridine rings is 1. The third-order valence-electron chi connectivity index (χ3n) is 3.53. The zero-order chi connectivity index (χ0) is 16.9. The van der Waals surface area contributed by atoms with Gasteiger partial charge in [0.1, 0.15) is 12.3 Å². The quantitative estimate of drug-likeness (QED) is 0.739. The van der Waals surface area contributed by atoms with Crippen molar-refractivity contribution in [3.8, 4) is 5.75 Å². The lowest BCUT2D eigenvalue weighted by Crippen LogP contribution is -2.32. The van der Waals surface area contributed by atoms with Crippen LogP contribution in [0.15, 0.2) is 53.5 Å². The molecule has 24 heavy (non-hydrogen) atoms. The number of nitrogens with zero attached hydrogens (tertiary/aromatic N) is 3. The Morgan fingerprint density at radius 2 is 2.00 bits per heavy atom. The number of ether oxygens (including phenoxy) is 1. The number of fused-ring (bicyclic) bond motifs is 1. The molecule has 3 aromatic rings. The Morgan fingerprint density at radius 3 is 2.79 bits per heavy atom. The van der Waals surface area contributed by atoms with Crippen molar-refractivity contribution in [3.63, 3.8) is 0 Å². The summed E-state index contributed by atoms with van der Waals surface area (Å²) in [5.41, 5.74) is 1.06. The van der Waals surface area contributed by atoms with Crippen LogP contribution in [-0.2, 0) is 17.9 Å². The van der Waals surface area contributed by atoms with E-state index in [1.165, 1.54) is 4.40 Å². The highest BCUT2D eigenvalue weighted by Crippen LogP contribution is 2.17. The number of carbonyl (C=O) groups excluding carboxylic acids is 1. The minimum absolute atomic E-state index is 0.128. The Hall–Kier alpha value is -3.09. The van der Waals surface area contributed by atoms with Gasteiger partial charge in [-0.15, -0.1) is 5.10 Å². The molecule has 124 valence electrons. The van der Waals surface area contributed by atoms with Crippen molar-refractivity contribution in [2.24, 2.45) is 0 Å². The molecule has 0 atom stereocenters. The average Bonchev–Trinajstić information content (AvgIpc) is 2.91. The average molecular weight is 326 g/mol. The molecule has 1 aromatic carbocycles. The molecular formula is C17H18N4O3. The van der Waals surface area contributed by atoms with Crippen LogP contribution in [0.1, 0.15) is 12.5 Å². The second-order valence-electron chi connectivity index (χ2n) is 5.19. The fourth-order valence-corrected chi connectivity index (χ4v) is 2.40. The van der Waals surface area contributed by atoms with Crippen LogP contribution >= 0.6 is 0 Å². The molecule has 3 rings (SSSR count). The van der Waals surface area contributed by atoms with Crippen LogP contribution in [0.3, 0.4) is 0 Å². The fraction of sp³-hybridized carbons (Fsp3) is 0.235. The molecule has 1 N–H and O–H groups in total. The van der Waals surface area contributed by atoms with E-state index in [9.17, 15) is 9.59 Å². The first kappa shape index (κ1) is 15.8. The standard InChI is InChI=1S/C17H18N4O3/c1-2-24-14-8-4-3-7-13(14)11-18-16(22)12-21-17(23)20-10-6-5-9-15(20)19-21/h3-10H,2,11-12H2,1H3,(H,18,22). The molecule has 0 saturated carbocycles. The van der Waals surface area contributed by atoms with E-state index in [-0.39, 0.29) is 18.1 Å². The summed E-state index contributed by atoms with van der Waals surface area (Å²) in [4.78, 5) is 24.3. The van der Waals surface area contributed by atoms with Gasteiger partial charge in [0.2, 0.25) is 5.91 Å². The zero-order valence-corrected chi connectivity index (χ0v) is 13.3. The van der Waals surface area contributed by atoms with Gasteiger partial charge < -0.3 is 10.1 Å². The number of aromatic nitrogens is 3. The van der Waals surface area contributed by atoms with Gasteiger partial charge in [-0.05, 0) is 25.1 Å². The van der Waals surface area contributed by atoms with E-state index in [2.05, 4.69) is 10.4 Å². The molecule has 7 nitrogen and oxygen atoms in total. The van der Waals surface area contributed by atoms with E-state index in [0.29, 0.717) is 18.8 Å². The van der Waals surface area contributed by atoms with E-state index >= 15 is 0 Å². The van der Waals surface area contributed by atoms with Crippen molar-refractivity contribution < 1.29 is 9.53 Å². The highest BCUT2D eigenvalue weighted by Gasteiger charge is 2.11. The first-order valence-electron chi connectivity index (χ1n) is 7.70. The summed E-state index contributed by atoms with van der Waals surface area (Å²) in [7, 11) is 0. The van der Waals surface area contributed by atoms with Gasteiger partial charge in [-0.2, -0.15) is 0 Å². The Bertz CT molecular complexity index is 913. The second-order valence-corrected chi connectivity index (χ2v) is 5.19. The van der Waals surface area contributed by atoms with E-state index in [0.717, 1.165) is 16.0 Å². The number of hydrogen-bond acceptors (Lipinski definition) is 4. The van der Waals surface area contributed by atoms with Crippen molar-refractivity contribution in [1.82, 2.24) is 19.5 Å². The van der Waals surface area contributed by atoms with Gasteiger partial charge in [-0.3, -0.25) is 9.20 Å². The third kappa shape index (κ3) is 3.29. The lowest BCUT2D eigenvalue weighted by Gasteiger charge is -2.10. The van der Waals surface area contributed by atoms with Crippen LogP contribution in [0, 0.1) is 0 Å². The summed E-state index contributed by atoms with van der Waals surface area (Å²) in [6.07, 6.45) is 1.62. The lowest BCUT2D eigenvalue weighted by molar-refractivity contribution is -0.122. The molecular weight excluding hydrogens is 308 g/mol. The molecule has 0 fully saturated rings. The SMILES string of the molecule is CCOc1ccccc1CNC(=O)Cn1nc2ccccn2c1=O. The summed E-state index contributed by atoms with van der Waals surface area (Å²) in [6.45, 7) is 2.67. The number of amides is 1. The summed E-state index contributed by atoms with van der Waals surface area (Å²) < 4.78 is 8.08. The summed E-state index contributed by atoms with van der Waals surface area (Å²) in [5.74, 6) is 0.456. The molecule has 2 heterocycles. The van der Waals surface area contributed by atoms with E-state index in [1.807, 2.05) is 31.2 Å². The van der Waals surface area contributed by atoms with Gasteiger partial charge in [0.15, 0.2) is 5.65 Å². The molecule has 0 radical (unpaired) electrons. The van der Waals surface area contributed by atoms with Crippen LogP contribution in [-0.4, -0.2) is 26.7 Å². The molecule has 0 aliphatic heterocycles. The molecule has 7 heteroatoms. The first-order chi connectivity index (χ1) is 11.7. The highest BCUT2D eigenvalue weighted by atomic mass is 16.5. The number of rotatable bonds is 6. The van der Waals surface area contributed by atoms with Gasteiger partial charge in [-0.25, -0.2) is 9.48 Å². The topological polar surface area (TPSA) is 77.6 Å². The number of para-hydroxylation sites is 1. The van der Waals surface area contributed by atoms with Crippen LogP contribution in [0.4, 0.5) is 0 Å². The second kappa shape index (κ2) is 6.99. The molecule has 1 amide bonds. The maximum Gasteiger partial charge on any atom is 0.350 e. The summed E-state index contributed by atoms with van der Waals surface area (Å²) in [5, 5.41) is 6.93. The summed E-state index contributed by atoms with van der Waals surface area (Å²) >= 11 is 0. The maximum absolute atomic E-state index is 12.1. The number of nitrogens with one attached hydrogen (secondary N) is 1. The normalized spacial score (nSPS) is 10.7. The Labute approximate surface area is 138 Å². The van der Waals surface area contributed by atoms with E-state index in [4.69, 9.17) is 4.74 Å². The Kier molecular flexibility index (Phi) is 4.60. The van der Waals surface area contributed by atoms with Crippen LogP contribution in [0.5, 0.6) is 5.75 Å². The number of carbonyl (C=O) groups is 1. The third-order valence-corrected chi connectivity index (χ3v) is 3.53. The van der Waals surface area contributed by atoms with Gasteiger partial charge in [0.05, 0.1) is 6.61 Å². The van der Waals surface area contributed by atoms with Crippen LogP contribution in [0.25, 0.3) is 5.65 Å². The Morgan fingerprint density at radius 1 is 1.21 bits per heavy atom. The molecule has 0 bridgehead atoms. The van der Waals surface area contributed by atoms with Crippen molar-refractivity contribution in [2.45, 2.75) is 20.0 Å². The van der Waals surface area contributed by atoms with Crippen molar-refractivity contribution in [1.29, 1.82) is 0 Å². The molecule has 0 aliphatic rings. The van der Waals surface area contributed by atoms with Gasteiger partial charge in [-0.1, -0.05) is 24.3 Å². The molecule has 0 spiro atoms. The van der Waals surface area contributed by atoms with Gasteiger partial charge in [0.25, 0.3) is 0 Å². The van der Waals surface area contributed by atoms with Crippen LogP contribution < -0.4 is 15.7 Å². The van der Waals surface area contributed by atoms with Crippen molar-refractivity contribution >= 4 is 11.6 Å². The monoisotopic (exact) mass is 326 g/mol. The van der Waals surface area contributed by atoms with Crippen molar-refractivity contribution in [3.05, 3.63) is 64.7 Å². The fourth-order valence-electron chi connectivity index (χ4n) is 2.40. The van der Waals surface area contributed by atoms with Crippen LogP contribution in [0.2, 0.25) is 0 Å². The molecule has 0 saturated heterocycles. The maximum atomic E-state index is 12.1. The molecule has 2 aromatic heterocycles. The Balaban J connectivity index is 1.67. The predicted octanol–water partition coefficient (Wildman–Crippen LogP) is 1.21. The van der Waals surface area contributed by atoms with Gasteiger partial charge in [0, 0.05) is 18.3 Å². The molecule has 0 unspecified atom stereocenters. The van der Waals surface area contributed by atoms with Gasteiger partial charge >= 0.3 is 5.69 Å². The van der Waals surface area contributed by atoms with Crippen molar-refractivity contribution in [2.75, 3.05) is 6.61 Å². The highest BCUT2D eigenvalue weighted by molar-refractivity contribution is 5.75. The molecule has 0 aliphatic carbocycles. The zero-order valence-electron chi connectivity index (χ0n) is 13.3. The largest absolute Gasteiger partial charge is 0.494 e. The number of hydrogen-bond donors (Lipinski definition) is 1. The van der Waals surface area contributed by atoms with E-state index < -0.39 is 0 Å². The van der Waals surface area contributed by atoms with E-state index in [1.54, 1.807) is 24.4 Å². The first-order valence-corrected chi connectivity index (χ1v) is 7.70. The lowest BCUT2D eigenvalue weighted by atomic mass is 10.2. The minimum Gasteiger partial charge on any atom is -0.494 e.